The summed E-state index contributed by atoms with van der Waals surface area (Å²) in [7, 11) is 0. The van der Waals surface area contributed by atoms with Gasteiger partial charge in [0, 0.05) is 12.0 Å². The average molecular weight is 235 g/mol. The Morgan fingerprint density at radius 2 is 1.88 bits per heavy atom. The Kier molecular flexibility index (Phi) is 2.92. The summed E-state index contributed by atoms with van der Waals surface area (Å²) in [5.41, 5.74) is 0. The van der Waals surface area contributed by atoms with Crippen LogP contribution in [0.1, 0.15) is 52.4 Å². The molecule has 0 heterocycles. The minimum Gasteiger partial charge on any atom is -0.353 e. The first-order valence-corrected chi connectivity index (χ1v) is 7.49. The molecule has 0 bridgehead atoms. The van der Waals surface area contributed by atoms with E-state index >= 15 is 0 Å². The van der Waals surface area contributed by atoms with Crippen LogP contribution in [0.25, 0.3) is 0 Å². The van der Waals surface area contributed by atoms with Gasteiger partial charge in [-0.1, -0.05) is 20.3 Å². The molecule has 2 heteroatoms. The molecule has 3 aliphatic carbocycles. The molecule has 0 spiro atoms. The van der Waals surface area contributed by atoms with Gasteiger partial charge in [0.25, 0.3) is 0 Å². The Hall–Kier alpha value is -0.530. The molecule has 5 unspecified atom stereocenters. The second kappa shape index (κ2) is 4.29. The van der Waals surface area contributed by atoms with Gasteiger partial charge in [-0.3, -0.25) is 4.79 Å². The first-order chi connectivity index (χ1) is 8.19. The lowest BCUT2D eigenvalue weighted by molar-refractivity contribution is -0.126. The molecule has 0 aromatic rings. The molecule has 0 saturated heterocycles. The molecule has 5 atom stereocenters. The Labute approximate surface area is 105 Å². The summed E-state index contributed by atoms with van der Waals surface area (Å²) in [6, 6.07) is 0.462. The lowest BCUT2D eigenvalue weighted by atomic mass is 9.93. The summed E-state index contributed by atoms with van der Waals surface area (Å²) < 4.78 is 0. The van der Waals surface area contributed by atoms with Gasteiger partial charge in [-0.25, -0.2) is 0 Å². The van der Waals surface area contributed by atoms with E-state index < -0.39 is 0 Å². The number of hydrogen-bond donors (Lipinski definition) is 1. The van der Waals surface area contributed by atoms with Gasteiger partial charge in [-0.15, -0.1) is 0 Å². The van der Waals surface area contributed by atoms with Crippen molar-refractivity contribution in [2.45, 2.75) is 58.4 Å². The van der Waals surface area contributed by atoms with Crippen LogP contribution in [0, 0.1) is 29.6 Å². The average Bonchev–Trinajstić information content (AvgIpc) is 2.78. The van der Waals surface area contributed by atoms with E-state index in [0.29, 0.717) is 23.8 Å². The standard InChI is InChI=1S/C15H25NO/c1-3-10-4-5-14(9(10)2)16-15(17)13-7-11-6-12(11)8-13/h9-14H,3-8H2,1-2H3,(H,16,17). The maximum Gasteiger partial charge on any atom is 0.223 e. The van der Waals surface area contributed by atoms with E-state index in [2.05, 4.69) is 19.2 Å². The van der Waals surface area contributed by atoms with Gasteiger partial charge < -0.3 is 5.32 Å². The SMILES string of the molecule is CCC1CCC(NC(=O)C2CC3CC3C2)C1C. The molecular weight excluding hydrogens is 210 g/mol. The predicted molar refractivity (Wildman–Crippen MR) is 68.4 cm³/mol. The third kappa shape index (κ3) is 2.11. The maximum atomic E-state index is 12.2. The Morgan fingerprint density at radius 3 is 2.47 bits per heavy atom. The number of rotatable bonds is 3. The van der Waals surface area contributed by atoms with Crippen LogP contribution in [0.5, 0.6) is 0 Å². The highest BCUT2D eigenvalue weighted by Gasteiger charge is 2.48. The molecule has 1 N–H and O–H groups in total. The van der Waals surface area contributed by atoms with Crippen molar-refractivity contribution in [1.82, 2.24) is 5.32 Å². The first kappa shape index (κ1) is 11.6. The molecule has 2 nitrogen and oxygen atoms in total. The van der Waals surface area contributed by atoms with Crippen LogP contribution in [0.3, 0.4) is 0 Å². The fourth-order valence-electron chi connectivity index (χ4n) is 4.26. The van der Waals surface area contributed by atoms with Gasteiger partial charge in [0.2, 0.25) is 5.91 Å². The van der Waals surface area contributed by atoms with E-state index in [-0.39, 0.29) is 0 Å². The molecule has 17 heavy (non-hydrogen) atoms. The molecule has 1 amide bonds. The van der Waals surface area contributed by atoms with Gasteiger partial charge >= 0.3 is 0 Å². The molecule has 3 rings (SSSR count). The highest BCUT2D eigenvalue weighted by atomic mass is 16.2. The molecule has 3 saturated carbocycles. The molecular formula is C15H25NO. The molecule has 0 aromatic heterocycles. The van der Waals surface area contributed by atoms with Crippen LogP contribution in [-0.2, 0) is 4.79 Å². The van der Waals surface area contributed by atoms with Crippen LogP contribution >= 0.6 is 0 Å². The first-order valence-electron chi connectivity index (χ1n) is 7.49. The van der Waals surface area contributed by atoms with E-state index in [1.165, 1.54) is 38.5 Å². The fraction of sp³-hybridized carbons (Fsp3) is 0.933. The number of fused-ring (bicyclic) bond motifs is 1. The number of amides is 1. The normalized spacial score (nSPS) is 47.9. The Balaban J connectivity index is 1.51. The minimum absolute atomic E-state index is 0.353. The summed E-state index contributed by atoms with van der Waals surface area (Å²) in [5, 5.41) is 3.34. The second-order valence-electron chi connectivity index (χ2n) is 6.64. The number of carbonyl (C=O) groups excluding carboxylic acids is 1. The highest BCUT2D eigenvalue weighted by Crippen LogP contribution is 2.54. The van der Waals surface area contributed by atoms with E-state index in [9.17, 15) is 4.79 Å². The minimum atomic E-state index is 0.353. The van der Waals surface area contributed by atoms with Crippen molar-refractivity contribution in [3.05, 3.63) is 0 Å². The van der Waals surface area contributed by atoms with Gasteiger partial charge in [0.1, 0.15) is 0 Å². The monoisotopic (exact) mass is 235 g/mol. The highest BCUT2D eigenvalue weighted by molar-refractivity contribution is 5.79. The Morgan fingerprint density at radius 1 is 1.18 bits per heavy atom. The number of hydrogen-bond acceptors (Lipinski definition) is 1. The second-order valence-corrected chi connectivity index (χ2v) is 6.64. The van der Waals surface area contributed by atoms with E-state index in [1.54, 1.807) is 0 Å². The number of nitrogens with one attached hydrogen (secondary N) is 1. The van der Waals surface area contributed by atoms with Crippen molar-refractivity contribution in [3.8, 4) is 0 Å². The lowest BCUT2D eigenvalue weighted by Gasteiger charge is -2.23. The van der Waals surface area contributed by atoms with Crippen molar-refractivity contribution in [2.24, 2.45) is 29.6 Å². The quantitative estimate of drug-likeness (QED) is 0.800. The van der Waals surface area contributed by atoms with Gasteiger partial charge in [-0.2, -0.15) is 0 Å². The topological polar surface area (TPSA) is 29.1 Å². The molecule has 3 fully saturated rings. The summed E-state index contributed by atoms with van der Waals surface area (Å²) in [4.78, 5) is 12.2. The molecule has 0 aromatic carbocycles. The summed E-state index contributed by atoms with van der Waals surface area (Å²) in [5.74, 6) is 4.06. The zero-order chi connectivity index (χ0) is 12.0. The molecule has 3 aliphatic rings. The van der Waals surface area contributed by atoms with Crippen molar-refractivity contribution in [1.29, 1.82) is 0 Å². The summed E-state index contributed by atoms with van der Waals surface area (Å²) in [6.45, 7) is 4.59. The zero-order valence-electron chi connectivity index (χ0n) is 11.1. The fourth-order valence-corrected chi connectivity index (χ4v) is 4.26. The predicted octanol–water partition coefficient (Wildman–Crippen LogP) is 2.97. The maximum absolute atomic E-state index is 12.2. The summed E-state index contributed by atoms with van der Waals surface area (Å²) in [6.07, 6.45) is 7.52. The molecule has 0 aliphatic heterocycles. The van der Waals surface area contributed by atoms with Gasteiger partial charge in [0.15, 0.2) is 0 Å². The Bertz CT molecular complexity index is 304. The van der Waals surface area contributed by atoms with Crippen LogP contribution in [0.15, 0.2) is 0 Å². The third-order valence-corrected chi connectivity index (χ3v) is 5.69. The van der Waals surface area contributed by atoms with E-state index in [0.717, 1.165) is 17.8 Å². The van der Waals surface area contributed by atoms with Crippen LogP contribution in [0.2, 0.25) is 0 Å². The summed E-state index contributed by atoms with van der Waals surface area (Å²) >= 11 is 0. The van der Waals surface area contributed by atoms with Crippen LogP contribution in [-0.4, -0.2) is 11.9 Å². The number of carbonyl (C=O) groups is 1. The van der Waals surface area contributed by atoms with Crippen molar-refractivity contribution < 1.29 is 4.79 Å². The van der Waals surface area contributed by atoms with E-state index in [4.69, 9.17) is 0 Å². The van der Waals surface area contributed by atoms with Crippen molar-refractivity contribution >= 4 is 5.91 Å². The van der Waals surface area contributed by atoms with Gasteiger partial charge in [-0.05, 0) is 55.8 Å². The molecule has 96 valence electrons. The van der Waals surface area contributed by atoms with Gasteiger partial charge in [0.05, 0.1) is 0 Å². The van der Waals surface area contributed by atoms with Crippen LogP contribution in [0.4, 0.5) is 0 Å². The largest absolute Gasteiger partial charge is 0.353 e. The lowest BCUT2D eigenvalue weighted by Crippen LogP contribution is -2.40. The van der Waals surface area contributed by atoms with Crippen LogP contribution < -0.4 is 5.32 Å². The smallest absolute Gasteiger partial charge is 0.223 e. The third-order valence-electron chi connectivity index (χ3n) is 5.69. The van der Waals surface area contributed by atoms with E-state index in [1.807, 2.05) is 0 Å². The zero-order valence-corrected chi connectivity index (χ0v) is 11.1. The van der Waals surface area contributed by atoms with Crippen molar-refractivity contribution in [2.75, 3.05) is 0 Å². The van der Waals surface area contributed by atoms with Crippen molar-refractivity contribution in [3.63, 3.8) is 0 Å². The molecule has 0 radical (unpaired) electrons.